The zero-order chi connectivity index (χ0) is 26.6. The Morgan fingerprint density at radius 2 is 1.26 bits per heavy atom. The molecule has 194 valence electrons. The van der Waals surface area contributed by atoms with Crippen molar-refractivity contribution >= 4 is 17.7 Å². The van der Waals surface area contributed by atoms with E-state index in [1.54, 1.807) is 31.4 Å². The average Bonchev–Trinajstić information content (AvgIpc) is 2.97. The van der Waals surface area contributed by atoms with E-state index in [9.17, 15) is 9.59 Å². The molecule has 0 unspecified atom stereocenters. The summed E-state index contributed by atoms with van der Waals surface area (Å²) in [6, 6.07) is 32.8. The van der Waals surface area contributed by atoms with Crippen LogP contribution in [0, 0.1) is 0 Å². The van der Waals surface area contributed by atoms with Gasteiger partial charge in [-0.1, -0.05) is 72.8 Å². The Morgan fingerprint density at radius 3 is 1.87 bits per heavy atom. The molecular formula is C31H30N2O5. The van der Waals surface area contributed by atoms with E-state index in [1.165, 1.54) is 0 Å². The smallest absolute Gasteiger partial charge is 0.408 e. The monoisotopic (exact) mass is 510 g/mol. The van der Waals surface area contributed by atoms with Crippen LogP contribution in [0.1, 0.15) is 16.7 Å². The van der Waals surface area contributed by atoms with Crippen LogP contribution in [0.25, 0.3) is 0 Å². The first-order chi connectivity index (χ1) is 18.6. The molecule has 1 atom stereocenters. The van der Waals surface area contributed by atoms with Gasteiger partial charge in [0.05, 0.1) is 7.11 Å². The van der Waals surface area contributed by atoms with Crippen molar-refractivity contribution in [2.45, 2.75) is 25.7 Å². The standard InChI is InChI=1S/C31H30N2O5/c1-36-27-18-14-26(15-19-27)32-30(34)29(33-31(35)38-22-25-10-6-3-7-11-25)20-23-12-16-28(17-13-23)37-21-24-8-4-2-5-9-24/h2-19,29H,20-22H2,1H3,(H,32,34)(H,33,35)/t29-/m0/s1. The summed E-state index contributed by atoms with van der Waals surface area (Å²) in [5.41, 5.74) is 3.37. The van der Waals surface area contributed by atoms with Crippen LogP contribution in [-0.2, 0) is 29.2 Å². The molecule has 4 aromatic carbocycles. The number of nitrogens with one attached hydrogen (secondary N) is 2. The van der Waals surface area contributed by atoms with Gasteiger partial charge in [0.25, 0.3) is 0 Å². The molecule has 0 fully saturated rings. The van der Waals surface area contributed by atoms with Crippen LogP contribution in [0.4, 0.5) is 10.5 Å². The van der Waals surface area contributed by atoms with Gasteiger partial charge in [0.2, 0.25) is 5.91 Å². The van der Waals surface area contributed by atoms with Crippen LogP contribution in [0.5, 0.6) is 11.5 Å². The second-order valence-electron chi connectivity index (χ2n) is 8.60. The molecule has 0 aliphatic heterocycles. The fourth-order valence-corrected chi connectivity index (χ4v) is 3.72. The van der Waals surface area contributed by atoms with E-state index in [1.807, 2.05) is 84.9 Å². The van der Waals surface area contributed by atoms with Crippen molar-refractivity contribution in [2.24, 2.45) is 0 Å². The second kappa shape index (κ2) is 13.5. The van der Waals surface area contributed by atoms with E-state index in [0.717, 1.165) is 16.7 Å². The number of rotatable bonds is 11. The van der Waals surface area contributed by atoms with E-state index in [2.05, 4.69) is 10.6 Å². The topological polar surface area (TPSA) is 85.9 Å². The van der Waals surface area contributed by atoms with Crippen molar-refractivity contribution in [1.82, 2.24) is 5.32 Å². The van der Waals surface area contributed by atoms with E-state index in [0.29, 0.717) is 23.8 Å². The Bertz CT molecular complexity index is 1290. The second-order valence-corrected chi connectivity index (χ2v) is 8.60. The molecule has 0 aromatic heterocycles. The van der Waals surface area contributed by atoms with Gasteiger partial charge in [-0.05, 0) is 53.1 Å². The van der Waals surface area contributed by atoms with E-state index >= 15 is 0 Å². The van der Waals surface area contributed by atoms with Crippen molar-refractivity contribution < 1.29 is 23.8 Å². The lowest BCUT2D eigenvalue weighted by molar-refractivity contribution is -0.118. The highest BCUT2D eigenvalue weighted by Crippen LogP contribution is 2.18. The van der Waals surface area contributed by atoms with Crippen molar-refractivity contribution in [2.75, 3.05) is 12.4 Å². The summed E-state index contributed by atoms with van der Waals surface area (Å²) in [5.74, 6) is 1.03. The molecular weight excluding hydrogens is 480 g/mol. The van der Waals surface area contributed by atoms with Crippen molar-refractivity contribution in [3.05, 3.63) is 126 Å². The number of methoxy groups -OCH3 is 1. The van der Waals surface area contributed by atoms with Crippen LogP contribution < -0.4 is 20.1 Å². The Hall–Kier alpha value is -4.78. The van der Waals surface area contributed by atoms with Crippen LogP contribution >= 0.6 is 0 Å². The molecule has 0 aliphatic carbocycles. The highest BCUT2D eigenvalue weighted by atomic mass is 16.5. The number of anilines is 1. The maximum atomic E-state index is 13.2. The molecule has 2 amide bonds. The zero-order valence-electron chi connectivity index (χ0n) is 21.1. The first-order valence-corrected chi connectivity index (χ1v) is 12.3. The fraction of sp³-hybridized carbons (Fsp3) is 0.161. The molecule has 0 aliphatic rings. The third kappa shape index (κ3) is 8.13. The number of benzene rings is 4. The van der Waals surface area contributed by atoms with E-state index < -0.39 is 12.1 Å². The van der Waals surface area contributed by atoms with Gasteiger partial charge in [0, 0.05) is 12.1 Å². The maximum Gasteiger partial charge on any atom is 0.408 e. The van der Waals surface area contributed by atoms with Crippen LogP contribution in [0.15, 0.2) is 109 Å². The molecule has 0 spiro atoms. The molecule has 0 radical (unpaired) electrons. The van der Waals surface area contributed by atoms with Gasteiger partial charge >= 0.3 is 6.09 Å². The van der Waals surface area contributed by atoms with Crippen LogP contribution in [-0.4, -0.2) is 25.2 Å². The number of amides is 2. The molecule has 0 saturated heterocycles. The van der Waals surface area contributed by atoms with Gasteiger partial charge in [-0.25, -0.2) is 4.79 Å². The molecule has 4 rings (SSSR count). The summed E-state index contributed by atoms with van der Waals surface area (Å²) in [6.07, 6.45) is -0.409. The average molecular weight is 511 g/mol. The highest BCUT2D eigenvalue weighted by molar-refractivity contribution is 5.96. The summed E-state index contributed by atoms with van der Waals surface area (Å²) < 4.78 is 16.4. The van der Waals surface area contributed by atoms with E-state index in [-0.39, 0.29) is 18.9 Å². The Morgan fingerprint density at radius 1 is 0.684 bits per heavy atom. The van der Waals surface area contributed by atoms with Crippen molar-refractivity contribution in [3.63, 3.8) is 0 Å². The lowest BCUT2D eigenvalue weighted by Crippen LogP contribution is -2.45. The number of ether oxygens (including phenoxy) is 3. The summed E-state index contributed by atoms with van der Waals surface area (Å²) in [4.78, 5) is 25.8. The van der Waals surface area contributed by atoms with Gasteiger partial charge in [0.1, 0.15) is 30.8 Å². The third-order valence-corrected chi connectivity index (χ3v) is 5.79. The summed E-state index contributed by atoms with van der Waals surface area (Å²) >= 11 is 0. The SMILES string of the molecule is COc1ccc(NC(=O)[C@H](Cc2ccc(OCc3ccccc3)cc2)NC(=O)OCc2ccccc2)cc1. The molecule has 0 bridgehead atoms. The third-order valence-electron chi connectivity index (χ3n) is 5.79. The van der Waals surface area contributed by atoms with Crippen molar-refractivity contribution in [3.8, 4) is 11.5 Å². The molecule has 7 nitrogen and oxygen atoms in total. The highest BCUT2D eigenvalue weighted by Gasteiger charge is 2.22. The minimum atomic E-state index is -0.864. The molecule has 38 heavy (non-hydrogen) atoms. The first kappa shape index (κ1) is 26.3. The van der Waals surface area contributed by atoms with E-state index in [4.69, 9.17) is 14.2 Å². The molecule has 0 saturated carbocycles. The minimum Gasteiger partial charge on any atom is -0.497 e. The first-order valence-electron chi connectivity index (χ1n) is 12.3. The Labute approximate surface area is 222 Å². The predicted octanol–water partition coefficient (Wildman–Crippen LogP) is 5.75. The minimum absolute atomic E-state index is 0.104. The molecule has 4 aromatic rings. The zero-order valence-corrected chi connectivity index (χ0v) is 21.1. The Balaban J connectivity index is 1.40. The van der Waals surface area contributed by atoms with Crippen LogP contribution in [0.3, 0.4) is 0 Å². The fourth-order valence-electron chi connectivity index (χ4n) is 3.72. The number of carbonyl (C=O) groups is 2. The van der Waals surface area contributed by atoms with Crippen molar-refractivity contribution in [1.29, 1.82) is 0 Å². The quantitative estimate of drug-likeness (QED) is 0.268. The van der Waals surface area contributed by atoms with Gasteiger partial charge in [0.15, 0.2) is 0 Å². The number of carbonyl (C=O) groups excluding carboxylic acids is 2. The van der Waals surface area contributed by atoms with Gasteiger partial charge in [-0.15, -0.1) is 0 Å². The van der Waals surface area contributed by atoms with Crippen LogP contribution in [0.2, 0.25) is 0 Å². The summed E-state index contributed by atoms with van der Waals surface area (Å²) in [7, 11) is 1.58. The lowest BCUT2D eigenvalue weighted by atomic mass is 10.0. The summed E-state index contributed by atoms with van der Waals surface area (Å²) in [5, 5.41) is 5.56. The van der Waals surface area contributed by atoms with Gasteiger partial charge in [-0.3, -0.25) is 4.79 Å². The number of hydrogen-bond donors (Lipinski definition) is 2. The molecule has 0 heterocycles. The predicted molar refractivity (Wildman–Crippen MR) is 146 cm³/mol. The van der Waals surface area contributed by atoms with Gasteiger partial charge in [-0.2, -0.15) is 0 Å². The summed E-state index contributed by atoms with van der Waals surface area (Å²) in [6.45, 7) is 0.564. The van der Waals surface area contributed by atoms with Gasteiger partial charge < -0.3 is 24.8 Å². The largest absolute Gasteiger partial charge is 0.497 e. The molecule has 2 N–H and O–H groups in total. The lowest BCUT2D eigenvalue weighted by Gasteiger charge is -2.19. The maximum absolute atomic E-state index is 13.2. The molecule has 7 heteroatoms. The number of hydrogen-bond acceptors (Lipinski definition) is 5. The number of alkyl carbamates (subject to hydrolysis) is 1. The normalized spacial score (nSPS) is 11.2. The Kier molecular flexibility index (Phi) is 9.34.